The van der Waals surface area contributed by atoms with Crippen molar-refractivity contribution in [1.82, 2.24) is 15.2 Å². The van der Waals surface area contributed by atoms with E-state index in [1.807, 2.05) is 12.3 Å². The number of hydrogen-bond acceptors (Lipinski definition) is 4. The molecule has 1 aliphatic carbocycles. The summed E-state index contributed by atoms with van der Waals surface area (Å²) in [6, 6.07) is 2.45. The monoisotopic (exact) mass is 258 g/mol. The molecule has 0 aromatic carbocycles. The van der Waals surface area contributed by atoms with E-state index in [9.17, 15) is 0 Å². The number of hydrogen-bond donors (Lipinski definition) is 2. The van der Waals surface area contributed by atoms with Gasteiger partial charge in [-0.05, 0) is 31.7 Å². The first-order valence-electron chi connectivity index (χ1n) is 7.09. The summed E-state index contributed by atoms with van der Waals surface area (Å²) in [5, 5.41) is 12.4. The van der Waals surface area contributed by atoms with Crippen molar-refractivity contribution in [2.24, 2.45) is 0 Å². The Bertz CT molecular complexity index is 584. The number of rotatable bonds is 3. The first kappa shape index (κ1) is 11.2. The molecule has 2 aromatic rings. The van der Waals surface area contributed by atoms with Crippen molar-refractivity contribution in [1.29, 1.82) is 0 Å². The van der Waals surface area contributed by atoms with Gasteiger partial charge in [-0.2, -0.15) is 5.10 Å². The van der Waals surface area contributed by atoms with Gasteiger partial charge in [0.2, 0.25) is 0 Å². The van der Waals surface area contributed by atoms with E-state index in [1.54, 1.807) is 0 Å². The third-order valence-corrected chi connectivity index (χ3v) is 4.04. The Labute approximate surface area is 111 Å². The Balaban J connectivity index is 1.69. The zero-order chi connectivity index (χ0) is 12.7. The summed E-state index contributed by atoms with van der Waals surface area (Å²) in [5.74, 6) is 1.64. The summed E-state index contributed by atoms with van der Waals surface area (Å²) >= 11 is 0. The van der Waals surface area contributed by atoms with Crippen molar-refractivity contribution < 1.29 is 4.74 Å². The van der Waals surface area contributed by atoms with Crippen LogP contribution in [-0.2, 0) is 4.74 Å². The molecule has 2 N–H and O–H groups in total. The molecule has 1 aliphatic heterocycles. The number of pyridine rings is 1. The highest BCUT2D eigenvalue weighted by atomic mass is 16.5. The average molecular weight is 258 g/mol. The van der Waals surface area contributed by atoms with Gasteiger partial charge in [0.15, 0.2) is 0 Å². The molecule has 4 rings (SSSR count). The van der Waals surface area contributed by atoms with Crippen LogP contribution >= 0.6 is 0 Å². The summed E-state index contributed by atoms with van der Waals surface area (Å²) in [7, 11) is 0. The Kier molecular flexibility index (Phi) is 2.65. The lowest BCUT2D eigenvalue weighted by atomic mass is 10.1. The normalized spacial score (nSPS) is 20.8. The molecule has 0 amide bonds. The lowest BCUT2D eigenvalue weighted by Gasteiger charge is -2.24. The summed E-state index contributed by atoms with van der Waals surface area (Å²) in [6.45, 7) is 1.68. The molecule has 3 heterocycles. The molecule has 0 unspecified atom stereocenters. The van der Waals surface area contributed by atoms with Gasteiger partial charge >= 0.3 is 0 Å². The first-order valence-corrected chi connectivity index (χ1v) is 7.09. The summed E-state index contributed by atoms with van der Waals surface area (Å²) in [4.78, 5) is 4.53. The van der Waals surface area contributed by atoms with E-state index in [2.05, 4.69) is 20.5 Å². The zero-order valence-electron chi connectivity index (χ0n) is 10.9. The number of fused-ring (bicyclic) bond motifs is 1. The van der Waals surface area contributed by atoms with Crippen molar-refractivity contribution in [2.45, 2.75) is 37.6 Å². The van der Waals surface area contributed by atoms with E-state index >= 15 is 0 Å². The minimum absolute atomic E-state index is 0.466. The predicted octanol–water partition coefficient (Wildman–Crippen LogP) is 2.43. The van der Waals surface area contributed by atoms with Crippen LogP contribution in [0.5, 0.6) is 0 Å². The largest absolute Gasteiger partial charge is 0.381 e. The SMILES string of the molecule is c1cc2n[nH]c(C3CC3)c2c(NC2CCOCC2)n1. The van der Waals surface area contributed by atoms with Crippen molar-refractivity contribution in [3.05, 3.63) is 18.0 Å². The van der Waals surface area contributed by atoms with Crippen LogP contribution in [0.3, 0.4) is 0 Å². The lowest BCUT2D eigenvalue weighted by Crippen LogP contribution is -2.28. The molecule has 0 spiro atoms. The number of ether oxygens (including phenoxy) is 1. The number of anilines is 1. The maximum atomic E-state index is 5.40. The summed E-state index contributed by atoms with van der Waals surface area (Å²) in [5.41, 5.74) is 2.28. The Morgan fingerprint density at radius 2 is 2.05 bits per heavy atom. The van der Waals surface area contributed by atoms with Gasteiger partial charge in [-0.15, -0.1) is 0 Å². The van der Waals surface area contributed by atoms with Gasteiger partial charge in [-0.1, -0.05) is 0 Å². The second kappa shape index (κ2) is 4.49. The molecule has 0 atom stereocenters. The summed E-state index contributed by atoms with van der Waals surface area (Å²) < 4.78 is 5.40. The number of nitrogens with zero attached hydrogens (tertiary/aromatic N) is 2. The second-order valence-corrected chi connectivity index (χ2v) is 5.50. The standard InChI is InChI=1S/C14H18N4O/c1-2-9(1)13-12-11(17-18-13)3-6-15-14(12)16-10-4-7-19-8-5-10/h3,6,9-10H,1-2,4-5,7-8H2,(H,15,16)(H,17,18). The van der Waals surface area contributed by atoms with E-state index < -0.39 is 0 Å². The fraction of sp³-hybridized carbons (Fsp3) is 0.571. The predicted molar refractivity (Wildman–Crippen MR) is 73.3 cm³/mol. The van der Waals surface area contributed by atoms with Crippen molar-refractivity contribution >= 4 is 16.7 Å². The fourth-order valence-electron chi connectivity index (χ4n) is 2.80. The van der Waals surface area contributed by atoms with E-state index in [1.165, 1.54) is 23.9 Å². The number of aromatic amines is 1. The molecule has 0 radical (unpaired) electrons. The Morgan fingerprint density at radius 1 is 1.21 bits per heavy atom. The van der Waals surface area contributed by atoms with E-state index in [-0.39, 0.29) is 0 Å². The molecule has 2 fully saturated rings. The molecule has 1 saturated heterocycles. The Morgan fingerprint density at radius 3 is 2.84 bits per heavy atom. The van der Waals surface area contributed by atoms with Crippen molar-refractivity contribution in [2.75, 3.05) is 18.5 Å². The van der Waals surface area contributed by atoms with Crippen LogP contribution < -0.4 is 5.32 Å². The smallest absolute Gasteiger partial charge is 0.137 e. The number of nitrogens with one attached hydrogen (secondary N) is 2. The molecule has 2 aliphatic rings. The van der Waals surface area contributed by atoms with Gasteiger partial charge in [0, 0.05) is 37.1 Å². The topological polar surface area (TPSA) is 62.8 Å². The van der Waals surface area contributed by atoms with Crippen LogP contribution in [0.25, 0.3) is 10.9 Å². The van der Waals surface area contributed by atoms with E-state index in [4.69, 9.17) is 4.74 Å². The molecule has 5 heteroatoms. The van der Waals surface area contributed by atoms with Crippen LogP contribution in [0, 0.1) is 0 Å². The average Bonchev–Trinajstić information content (AvgIpc) is 3.20. The molecule has 19 heavy (non-hydrogen) atoms. The number of H-pyrrole nitrogens is 1. The zero-order valence-corrected chi connectivity index (χ0v) is 10.9. The van der Waals surface area contributed by atoms with Gasteiger partial charge in [-0.25, -0.2) is 4.98 Å². The fourth-order valence-corrected chi connectivity index (χ4v) is 2.80. The van der Waals surface area contributed by atoms with Crippen LogP contribution in [0.15, 0.2) is 12.3 Å². The first-order chi connectivity index (χ1) is 9.42. The molecule has 1 saturated carbocycles. The van der Waals surface area contributed by atoms with Crippen LogP contribution in [0.2, 0.25) is 0 Å². The van der Waals surface area contributed by atoms with Gasteiger partial charge in [-0.3, -0.25) is 5.10 Å². The van der Waals surface area contributed by atoms with E-state index in [0.717, 1.165) is 37.4 Å². The van der Waals surface area contributed by atoms with E-state index in [0.29, 0.717) is 12.0 Å². The maximum Gasteiger partial charge on any atom is 0.137 e. The minimum Gasteiger partial charge on any atom is -0.381 e. The van der Waals surface area contributed by atoms with Crippen LogP contribution in [0.1, 0.15) is 37.3 Å². The van der Waals surface area contributed by atoms with Gasteiger partial charge in [0.25, 0.3) is 0 Å². The number of aromatic nitrogens is 3. The van der Waals surface area contributed by atoms with Crippen molar-refractivity contribution in [3.63, 3.8) is 0 Å². The van der Waals surface area contributed by atoms with Crippen molar-refractivity contribution in [3.8, 4) is 0 Å². The highest BCUT2D eigenvalue weighted by Gasteiger charge is 2.29. The molecule has 2 aromatic heterocycles. The highest BCUT2D eigenvalue weighted by molar-refractivity contribution is 5.92. The van der Waals surface area contributed by atoms with Gasteiger partial charge in [0.1, 0.15) is 5.82 Å². The van der Waals surface area contributed by atoms with Gasteiger partial charge < -0.3 is 10.1 Å². The minimum atomic E-state index is 0.466. The molecule has 0 bridgehead atoms. The third kappa shape index (κ3) is 2.08. The highest BCUT2D eigenvalue weighted by Crippen LogP contribution is 2.43. The molecular formula is C14H18N4O. The quantitative estimate of drug-likeness (QED) is 0.887. The molecule has 5 nitrogen and oxygen atoms in total. The maximum absolute atomic E-state index is 5.40. The lowest BCUT2D eigenvalue weighted by molar-refractivity contribution is 0.0904. The van der Waals surface area contributed by atoms with Crippen LogP contribution in [-0.4, -0.2) is 34.4 Å². The molecule has 100 valence electrons. The van der Waals surface area contributed by atoms with Crippen LogP contribution in [0.4, 0.5) is 5.82 Å². The Hall–Kier alpha value is -1.62. The second-order valence-electron chi connectivity index (χ2n) is 5.50. The molecular weight excluding hydrogens is 240 g/mol. The third-order valence-electron chi connectivity index (χ3n) is 4.04. The summed E-state index contributed by atoms with van der Waals surface area (Å²) in [6.07, 6.45) is 6.47. The van der Waals surface area contributed by atoms with Gasteiger partial charge in [0.05, 0.1) is 10.9 Å².